The molecule has 2 aliphatic rings. The molecule has 166 valence electrons. The number of rotatable bonds is 6. The van der Waals surface area contributed by atoms with Crippen molar-refractivity contribution >= 4 is 25.6 Å². The first-order valence-electron chi connectivity index (χ1n) is 10.3. The Labute approximate surface area is 182 Å². The van der Waals surface area contributed by atoms with Gasteiger partial charge in [-0.1, -0.05) is 31.1 Å². The molecule has 2 aromatic carbocycles. The molecule has 1 fully saturated rings. The lowest BCUT2D eigenvalue weighted by atomic mass is 10.0. The Morgan fingerprint density at radius 1 is 0.871 bits per heavy atom. The SMILES string of the molecule is O=S(=O)(NC1CCCC1)c1ccc(S(=O)(=O)N2CC=C(c3ccc(F)cc3)CC2)cc1. The second-order valence-corrected chi connectivity index (χ2v) is 11.6. The Morgan fingerprint density at radius 2 is 1.48 bits per heavy atom. The van der Waals surface area contributed by atoms with E-state index in [4.69, 9.17) is 0 Å². The number of halogens is 1. The molecule has 1 aliphatic heterocycles. The smallest absolute Gasteiger partial charge is 0.208 e. The van der Waals surface area contributed by atoms with E-state index < -0.39 is 20.0 Å². The minimum absolute atomic E-state index is 0.0520. The summed E-state index contributed by atoms with van der Waals surface area (Å²) < 4.78 is 68.2. The van der Waals surface area contributed by atoms with Gasteiger partial charge in [0.25, 0.3) is 0 Å². The van der Waals surface area contributed by atoms with Crippen LogP contribution in [-0.4, -0.2) is 40.3 Å². The first-order valence-corrected chi connectivity index (χ1v) is 13.3. The van der Waals surface area contributed by atoms with Crippen molar-refractivity contribution in [2.24, 2.45) is 0 Å². The Hall–Kier alpha value is -2.07. The molecular formula is C22H25FN2O4S2. The van der Waals surface area contributed by atoms with Gasteiger partial charge >= 0.3 is 0 Å². The van der Waals surface area contributed by atoms with Crippen molar-refractivity contribution in [2.45, 2.75) is 47.9 Å². The first-order chi connectivity index (χ1) is 14.8. The zero-order chi connectivity index (χ0) is 22.1. The van der Waals surface area contributed by atoms with E-state index in [0.29, 0.717) is 13.0 Å². The molecule has 9 heteroatoms. The fourth-order valence-electron chi connectivity index (χ4n) is 4.07. The molecule has 0 saturated heterocycles. The predicted molar refractivity (Wildman–Crippen MR) is 117 cm³/mol. The standard InChI is InChI=1S/C22H25FN2O4S2/c23-19-7-5-17(6-8-19)18-13-15-25(16-14-18)31(28,29)22-11-9-21(10-12-22)30(26,27)24-20-3-1-2-4-20/h5-13,20,24H,1-4,14-16H2. The summed E-state index contributed by atoms with van der Waals surface area (Å²) >= 11 is 0. The van der Waals surface area contributed by atoms with Gasteiger partial charge in [-0.2, -0.15) is 4.31 Å². The number of nitrogens with zero attached hydrogens (tertiary/aromatic N) is 1. The van der Waals surface area contributed by atoms with Crippen molar-refractivity contribution in [1.82, 2.24) is 9.03 Å². The van der Waals surface area contributed by atoms with Crippen LogP contribution in [0.4, 0.5) is 4.39 Å². The Kier molecular flexibility index (Phi) is 6.30. The third-order valence-corrected chi connectivity index (χ3v) is 9.25. The largest absolute Gasteiger partial charge is 0.243 e. The molecule has 0 atom stereocenters. The zero-order valence-corrected chi connectivity index (χ0v) is 18.6. The summed E-state index contributed by atoms with van der Waals surface area (Å²) in [7, 11) is -7.41. The van der Waals surface area contributed by atoms with Gasteiger partial charge in [-0.3, -0.25) is 0 Å². The van der Waals surface area contributed by atoms with E-state index in [0.717, 1.165) is 36.8 Å². The topological polar surface area (TPSA) is 83.5 Å². The van der Waals surface area contributed by atoms with Crippen LogP contribution in [0, 0.1) is 5.82 Å². The molecule has 0 bridgehead atoms. The van der Waals surface area contributed by atoms with E-state index in [9.17, 15) is 21.2 Å². The Morgan fingerprint density at radius 3 is 2.06 bits per heavy atom. The van der Waals surface area contributed by atoms with Gasteiger partial charge in [-0.25, -0.2) is 25.9 Å². The van der Waals surface area contributed by atoms with Crippen LogP contribution in [0.1, 0.15) is 37.7 Å². The van der Waals surface area contributed by atoms with Gasteiger partial charge in [-0.15, -0.1) is 0 Å². The van der Waals surface area contributed by atoms with Crippen molar-refractivity contribution in [3.05, 3.63) is 66.0 Å². The Bertz CT molecular complexity index is 1170. The summed E-state index contributed by atoms with van der Waals surface area (Å²) in [6.45, 7) is 0.507. The molecule has 1 heterocycles. The molecule has 1 N–H and O–H groups in total. The molecule has 0 unspecified atom stereocenters. The normalized spacial score (nSPS) is 18.8. The van der Waals surface area contributed by atoms with Crippen LogP contribution in [-0.2, 0) is 20.0 Å². The van der Waals surface area contributed by atoms with Crippen molar-refractivity contribution < 1.29 is 21.2 Å². The monoisotopic (exact) mass is 464 g/mol. The summed E-state index contributed by atoms with van der Waals surface area (Å²) in [6, 6.07) is 11.5. The van der Waals surface area contributed by atoms with Crippen molar-refractivity contribution in [1.29, 1.82) is 0 Å². The lowest BCUT2D eigenvalue weighted by Gasteiger charge is -2.26. The molecule has 31 heavy (non-hydrogen) atoms. The van der Waals surface area contributed by atoms with Crippen LogP contribution in [0.3, 0.4) is 0 Å². The summed E-state index contributed by atoms with van der Waals surface area (Å²) in [6.07, 6.45) is 6.03. The Balaban J connectivity index is 1.47. The third kappa shape index (κ3) is 4.90. The minimum atomic E-state index is -3.75. The maximum absolute atomic E-state index is 13.1. The summed E-state index contributed by atoms with van der Waals surface area (Å²) in [4.78, 5) is 0.126. The average molecular weight is 465 g/mol. The molecule has 2 aromatic rings. The molecule has 0 aromatic heterocycles. The van der Waals surface area contributed by atoms with Gasteiger partial charge in [0.05, 0.1) is 9.79 Å². The number of sulfonamides is 2. The fourth-order valence-corrected chi connectivity index (χ4v) is 6.75. The molecule has 6 nitrogen and oxygen atoms in total. The average Bonchev–Trinajstić information content (AvgIpc) is 3.27. The number of benzene rings is 2. The van der Waals surface area contributed by atoms with Gasteiger partial charge in [0, 0.05) is 19.1 Å². The van der Waals surface area contributed by atoms with Crippen molar-refractivity contribution in [2.75, 3.05) is 13.1 Å². The second kappa shape index (κ2) is 8.82. The zero-order valence-electron chi connectivity index (χ0n) is 17.0. The lowest BCUT2D eigenvalue weighted by Crippen LogP contribution is -2.35. The van der Waals surface area contributed by atoms with Crippen LogP contribution in [0.2, 0.25) is 0 Å². The summed E-state index contributed by atoms with van der Waals surface area (Å²) in [5.41, 5.74) is 1.86. The second-order valence-electron chi connectivity index (χ2n) is 7.92. The predicted octanol–water partition coefficient (Wildman–Crippen LogP) is 3.52. The number of hydrogen-bond donors (Lipinski definition) is 1. The van der Waals surface area contributed by atoms with Crippen LogP contribution in [0.15, 0.2) is 64.4 Å². The quantitative estimate of drug-likeness (QED) is 0.709. The highest BCUT2D eigenvalue weighted by molar-refractivity contribution is 7.89. The maximum atomic E-state index is 13.1. The molecular weight excluding hydrogens is 439 g/mol. The molecule has 4 rings (SSSR count). The number of nitrogens with one attached hydrogen (secondary N) is 1. The molecule has 1 saturated carbocycles. The minimum Gasteiger partial charge on any atom is -0.208 e. The van der Waals surface area contributed by atoms with E-state index in [1.807, 2.05) is 6.08 Å². The van der Waals surface area contributed by atoms with Crippen LogP contribution >= 0.6 is 0 Å². The van der Waals surface area contributed by atoms with Crippen LogP contribution < -0.4 is 4.72 Å². The highest BCUT2D eigenvalue weighted by atomic mass is 32.2. The van der Waals surface area contributed by atoms with E-state index in [-0.39, 0.29) is 28.2 Å². The van der Waals surface area contributed by atoms with Gasteiger partial charge in [0.15, 0.2) is 0 Å². The highest BCUT2D eigenvalue weighted by Crippen LogP contribution is 2.27. The van der Waals surface area contributed by atoms with E-state index >= 15 is 0 Å². The lowest BCUT2D eigenvalue weighted by molar-refractivity contribution is 0.441. The molecule has 0 radical (unpaired) electrons. The first kappa shape index (κ1) is 22.1. The van der Waals surface area contributed by atoms with Crippen LogP contribution in [0.25, 0.3) is 5.57 Å². The fraction of sp³-hybridized carbons (Fsp3) is 0.364. The van der Waals surface area contributed by atoms with Gasteiger partial charge < -0.3 is 0 Å². The number of hydrogen-bond acceptors (Lipinski definition) is 4. The van der Waals surface area contributed by atoms with E-state index in [1.54, 1.807) is 12.1 Å². The maximum Gasteiger partial charge on any atom is 0.243 e. The van der Waals surface area contributed by atoms with Gasteiger partial charge in [0.1, 0.15) is 5.82 Å². The highest BCUT2D eigenvalue weighted by Gasteiger charge is 2.28. The molecule has 1 aliphatic carbocycles. The van der Waals surface area contributed by atoms with Crippen molar-refractivity contribution in [3.8, 4) is 0 Å². The third-order valence-electron chi connectivity index (χ3n) is 5.84. The summed E-state index contributed by atoms with van der Waals surface area (Å²) in [5, 5.41) is 0. The van der Waals surface area contributed by atoms with Gasteiger partial charge in [-0.05, 0) is 66.8 Å². The van der Waals surface area contributed by atoms with E-state index in [1.165, 1.54) is 40.7 Å². The molecule has 0 amide bonds. The van der Waals surface area contributed by atoms with E-state index in [2.05, 4.69) is 4.72 Å². The summed E-state index contributed by atoms with van der Waals surface area (Å²) in [5.74, 6) is -0.312. The molecule has 0 spiro atoms. The van der Waals surface area contributed by atoms with Gasteiger partial charge in [0.2, 0.25) is 20.0 Å². The van der Waals surface area contributed by atoms with Crippen LogP contribution in [0.5, 0.6) is 0 Å². The van der Waals surface area contributed by atoms with Crippen molar-refractivity contribution in [3.63, 3.8) is 0 Å².